The molecule has 0 unspecified atom stereocenters. The van der Waals surface area contributed by atoms with Crippen LogP contribution in [0.2, 0.25) is 0 Å². The van der Waals surface area contributed by atoms with Crippen LogP contribution in [0.4, 0.5) is 0 Å². The van der Waals surface area contributed by atoms with Crippen LogP contribution in [0.1, 0.15) is 32.8 Å². The fourth-order valence-electron chi connectivity index (χ4n) is 2.32. The zero-order valence-corrected chi connectivity index (χ0v) is 13.8. The Hall–Kier alpha value is 0.01000. The first-order valence-electron chi connectivity index (χ1n) is 6.52. The lowest BCUT2D eigenvalue weighted by atomic mass is 9.73. The second kappa shape index (κ2) is 5.56. The molecule has 0 aliphatic carbocycles. The van der Waals surface area contributed by atoms with Gasteiger partial charge in [0.15, 0.2) is 0 Å². The normalized spacial score (nSPS) is 18.4. The van der Waals surface area contributed by atoms with E-state index in [1.807, 2.05) is 0 Å². The summed E-state index contributed by atoms with van der Waals surface area (Å²) in [5, 5.41) is 3.44. The van der Waals surface area contributed by atoms with Gasteiger partial charge >= 0.3 is 0 Å². The van der Waals surface area contributed by atoms with Crippen LogP contribution in [0.15, 0.2) is 28.7 Å². The van der Waals surface area contributed by atoms with Gasteiger partial charge in [-0.2, -0.15) is 11.8 Å². The predicted molar refractivity (Wildman–Crippen MR) is 85.5 cm³/mol. The summed E-state index contributed by atoms with van der Waals surface area (Å²) in [4.78, 5) is 0. The molecule has 100 valence electrons. The highest BCUT2D eigenvalue weighted by atomic mass is 79.9. The molecule has 0 aromatic heterocycles. The summed E-state index contributed by atoms with van der Waals surface area (Å²) < 4.78 is 1.56. The average Bonchev–Trinajstić information content (AvgIpc) is 2.20. The summed E-state index contributed by atoms with van der Waals surface area (Å²) in [5.41, 5.74) is 1.84. The van der Waals surface area contributed by atoms with Gasteiger partial charge in [0.25, 0.3) is 0 Å². The minimum absolute atomic E-state index is 0.363. The molecule has 1 saturated heterocycles. The molecule has 0 amide bonds. The topological polar surface area (TPSA) is 12.0 Å². The van der Waals surface area contributed by atoms with Crippen molar-refractivity contribution >= 4 is 27.7 Å². The van der Waals surface area contributed by atoms with E-state index in [0.717, 1.165) is 13.1 Å². The third kappa shape index (κ3) is 3.52. The quantitative estimate of drug-likeness (QED) is 0.888. The van der Waals surface area contributed by atoms with E-state index in [1.54, 1.807) is 0 Å². The van der Waals surface area contributed by atoms with Crippen molar-refractivity contribution < 1.29 is 0 Å². The fourth-order valence-corrected chi connectivity index (χ4v) is 3.83. The molecule has 1 nitrogen and oxygen atoms in total. The maximum absolute atomic E-state index is 3.58. The highest BCUT2D eigenvalue weighted by Gasteiger charge is 2.38. The standard InChI is InChI=1S/C15H22BrNS/c1-14(2,3)18-8-7-15(10-17-11-15)12-5-4-6-13(16)9-12/h4-6,9,17H,7-8,10-11H2,1-3H3. The fraction of sp³-hybridized carbons (Fsp3) is 0.600. The van der Waals surface area contributed by atoms with E-state index in [1.165, 1.54) is 22.2 Å². The Morgan fingerprint density at radius 1 is 1.33 bits per heavy atom. The van der Waals surface area contributed by atoms with E-state index in [2.05, 4.69) is 78.0 Å². The molecule has 0 radical (unpaired) electrons. The van der Waals surface area contributed by atoms with Gasteiger partial charge in [0.05, 0.1) is 0 Å². The Kier molecular flexibility index (Phi) is 4.45. The van der Waals surface area contributed by atoms with Crippen molar-refractivity contribution in [3.05, 3.63) is 34.3 Å². The molecule has 0 saturated carbocycles. The lowest BCUT2D eigenvalue weighted by molar-refractivity contribution is 0.269. The second-order valence-electron chi connectivity index (χ2n) is 6.11. The summed E-state index contributed by atoms with van der Waals surface area (Å²) in [6.07, 6.45) is 1.26. The SMILES string of the molecule is CC(C)(C)SCCC1(c2cccc(Br)c2)CNC1. The molecule has 1 aliphatic rings. The molecule has 1 aromatic rings. The van der Waals surface area contributed by atoms with Crippen molar-refractivity contribution in [3.8, 4) is 0 Å². The second-order valence-corrected chi connectivity index (χ2v) is 8.94. The number of benzene rings is 1. The van der Waals surface area contributed by atoms with Crippen LogP contribution < -0.4 is 5.32 Å². The van der Waals surface area contributed by atoms with Crippen molar-refractivity contribution in [2.45, 2.75) is 37.4 Å². The Morgan fingerprint density at radius 3 is 2.56 bits per heavy atom. The molecule has 1 heterocycles. The number of rotatable bonds is 4. The first kappa shape index (κ1) is 14.4. The maximum Gasteiger partial charge on any atom is 0.0210 e. The zero-order chi connectivity index (χ0) is 13.2. The predicted octanol–water partition coefficient (Wildman–Crippen LogP) is 4.21. The average molecular weight is 328 g/mol. The summed E-state index contributed by atoms with van der Waals surface area (Å²) in [5.74, 6) is 1.23. The number of hydrogen-bond donors (Lipinski definition) is 1. The van der Waals surface area contributed by atoms with E-state index in [4.69, 9.17) is 0 Å². The van der Waals surface area contributed by atoms with E-state index < -0.39 is 0 Å². The van der Waals surface area contributed by atoms with Crippen molar-refractivity contribution in [3.63, 3.8) is 0 Å². The third-order valence-corrected chi connectivity index (χ3v) is 5.25. The Bertz CT molecular complexity index is 407. The first-order chi connectivity index (χ1) is 8.41. The number of nitrogens with one attached hydrogen (secondary N) is 1. The molecule has 1 aliphatic heterocycles. The Morgan fingerprint density at radius 2 is 2.06 bits per heavy atom. The van der Waals surface area contributed by atoms with Crippen LogP contribution in [0, 0.1) is 0 Å². The lowest BCUT2D eigenvalue weighted by Gasteiger charge is -2.44. The largest absolute Gasteiger partial charge is 0.315 e. The molecule has 1 aromatic carbocycles. The van der Waals surface area contributed by atoms with Crippen molar-refractivity contribution in [2.24, 2.45) is 0 Å². The molecular formula is C15H22BrNS. The van der Waals surface area contributed by atoms with Gasteiger partial charge in [0.2, 0.25) is 0 Å². The molecule has 2 rings (SSSR count). The highest BCUT2D eigenvalue weighted by Crippen LogP contribution is 2.36. The van der Waals surface area contributed by atoms with Crippen LogP contribution in [0.3, 0.4) is 0 Å². The van der Waals surface area contributed by atoms with Crippen LogP contribution in [-0.2, 0) is 5.41 Å². The Balaban J connectivity index is 2.03. The number of halogens is 1. The summed E-state index contributed by atoms with van der Waals surface area (Å²) >= 11 is 5.65. The van der Waals surface area contributed by atoms with Gasteiger partial charge in [-0.25, -0.2) is 0 Å². The molecule has 1 N–H and O–H groups in total. The Labute approximate surface area is 123 Å². The molecule has 1 fully saturated rings. The smallest absolute Gasteiger partial charge is 0.0210 e. The molecule has 3 heteroatoms. The van der Waals surface area contributed by atoms with Gasteiger partial charge in [-0.1, -0.05) is 48.8 Å². The molecular weight excluding hydrogens is 306 g/mol. The van der Waals surface area contributed by atoms with Crippen molar-refractivity contribution in [1.29, 1.82) is 0 Å². The monoisotopic (exact) mass is 327 g/mol. The van der Waals surface area contributed by atoms with E-state index in [9.17, 15) is 0 Å². The maximum atomic E-state index is 3.58. The molecule has 0 bridgehead atoms. The lowest BCUT2D eigenvalue weighted by Crippen LogP contribution is -2.57. The van der Waals surface area contributed by atoms with Crippen LogP contribution in [0.25, 0.3) is 0 Å². The van der Waals surface area contributed by atoms with Crippen LogP contribution in [0.5, 0.6) is 0 Å². The van der Waals surface area contributed by atoms with Crippen LogP contribution in [-0.4, -0.2) is 23.6 Å². The summed E-state index contributed by atoms with van der Waals surface area (Å²) in [6, 6.07) is 8.81. The van der Waals surface area contributed by atoms with Gasteiger partial charge in [-0.05, 0) is 29.9 Å². The zero-order valence-electron chi connectivity index (χ0n) is 11.4. The number of hydrogen-bond acceptors (Lipinski definition) is 2. The third-order valence-electron chi connectivity index (χ3n) is 3.48. The van der Waals surface area contributed by atoms with Gasteiger partial charge in [-0.3, -0.25) is 0 Å². The van der Waals surface area contributed by atoms with Crippen molar-refractivity contribution in [2.75, 3.05) is 18.8 Å². The van der Waals surface area contributed by atoms with Crippen molar-refractivity contribution in [1.82, 2.24) is 5.32 Å². The molecule has 0 atom stereocenters. The minimum Gasteiger partial charge on any atom is -0.315 e. The van der Waals surface area contributed by atoms with Gasteiger partial charge in [-0.15, -0.1) is 0 Å². The van der Waals surface area contributed by atoms with E-state index in [-0.39, 0.29) is 0 Å². The van der Waals surface area contributed by atoms with Gasteiger partial charge in [0.1, 0.15) is 0 Å². The molecule has 0 spiro atoms. The van der Waals surface area contributed by atoms with Gasteiger partial charge in [0, 0.05) is 27.7 Å². The van der Waals surface area contributed by atoms with E-state index >= 15 is 0 Å². The first-order valence-corrected chi connectivity index (χ1v) is 8.30. The summed E-state index contributed by atoms with van der Waals surface area (Å²) in [6.45, 7) is 9.12. The molecule has 18 heavy (non-hydrogen) atoms. The minimum atomic E-state index is 0.363. The van der Waals surface area contributed by atoms with Crippen LogP contribution >= 0.6 is 27.7 Å². The number of thioether (sulfide) groups is 1. The summed E-state index contributed by atoms with van der Waals surface area (Å²) in [7, 11) is 0. The van der Waals surface area contributed by atoms with Gasteiger partial charge < -0.3 is 5.32 Å². The highest BCUT2D eigenvalue weighted by molar-refractivity contribution is 9.10. The van der Waals surface area contributed by atoms with E-state index in [0.29, 0.717) is 10.2 Å².